The maximum absolute atomic E-state index is 12.0. The number of nitrogens with zero attached hydrogens (tertiary/aromatic N) is 3. The van der Waals surface area contributed by atoms with Gasteiger partial charge < -0.3 is 14.1 Å². The van der Waals surface area contributed by atoms with Crippen LogP contribution in [0.2, 0.25) is 0 Å². The largest absolute Gasteiger partial charge is 0.464 e. The fourth-order valence-electron chi connectivity index (χ4n) is 3.35. The van der Waals surface area contributed by atoms with Gasteiger partial charge in [-0.05, 0) is 5.56 Å². The molecule has 1 aliphatic carbocycles. The zero-order chi connectivity index (χ0) is 16.6. The van der Waals surface area contributed by atoms with Crippen molar-refractivity contribution >= 4 is 11.7 Å². The molecule has 1 aliphatic rings. The number of hydrogen-bond donors (Lipinski definition) is 0. The molecule has 0 saturated carbocycles. The van der Waals surface area contributed by atoms with E-state index in [2.05, 4.69) is 24.0 Å². The molecule has 1 aromatic heterocycles. The van der Waals surface area contributed by atoms with Crippen LogP contribution in [0.15, 0.2) is 41.9 Å². The molecule has 1 aromatic carbocycles. The van der Waals surface area contributed by atoms with Crippen LogP contribution in [0.25, 0.3) is 0 Å². The summed E-state index contributed by atoms with van der Waals surface area (Å²) in [5, 5.41) is 4.24. The summed E-state index contributed by atoms with van der Waals surface area (Å²) >= 11 is 0. The zero-order valence-corrected chi connectivity index (χ0v) is 13.6. The van der Waals surface area contributed by atoms with Crippen molar-refractivity contribution in [3.63, 3.8) is 0 Å². The first kappa shape index (κ1) is 15.3. The average molecular weight is 313 g/mol. The van der Waals surface area contributed by atoms with Crippen molar-refractivity contribution in [3.8, 4) is 0 Å². The number of benzene rings is 1. The molecule has 120 valence electrons. The molecule has 1 heterocycles. The van der Waals surface area contributed by atoms with Crippen molar-refractivity contribution in [2.24, 2.45) is 10.6 Å². The lowest BCUT2D eigenvalue weighted by molar-refractivity contribution is 0.0585. The standard InChI is InChI=1S/C17H19N3O3/c1-17(2)14(19-23-4)11-7-5-6-8-12(11)15(17)20-10-18-9-13(20)16(21)22-3/h5-10,15H,1-4H3/b19-14-. The van der Waals surface area contributed by atoms with E-state index in [0.29, 0.717) is 5.69 Å². The molecular weight excluding hydrogens is 294 g/mol. The molecule has 6 nitrogen and oxygen atoms in total. The second-order valence-corrected chi connectivity index (χ2v) is 6.01. The van der Waals surface area contributed by atoms with Gasteiger partial charge in [-0.15, -0.1) is 0 Å². The number of aromatic nitrogens is 2. The van der Waals surface area contributed by atoms with E-state index in [1.54, 1.807) is 6.33 Å². The summed E-state index contributed by atoms with van der Waals surface area (Å²) in [6.07, 6.45) is 3.18. The van der Waals surface area contributed by atoms with Crippen LogP contribution in [-0.2, 0) is 9.57 Å². The highest BCUT2D eigenvalue weighted by Gasteiger charge is 2.47. The number of imidazole rings is 1. The first-order chi connectivity index (χ1) is 11.0. The number of methoxy groups -OCH3 is 1. The molecule has 0 bridgehead atoms. The molecule has 1 unspecified atom stereocenters. The zero-order valence-electron chi connectivity index (χ0n) is 13.6. The number of fused-ring (bicyclic) bond motifs is 1. The summed E-state index contributed by atoms with van der Waals surface area (Å²) in [5.41, 5.74) is 3.00. The number of ether oxygens (including phenoxy) is 1. The summed E-state index contributed by atoms with van der Waals surface area (Å²) in [6, 6.07) is 7.89. The van der Waals surface area contributed by atoms with Gasteiger partial charge in [0.2, 0.25) is 0 Å². The van der Waals surface area contributed by atoms with Crippen LogP contribution in [0.5, 0.6) is 0 Å². The molecular formula is C17H19N3O3. The summed E-state index contributed by atoms with van der Waals surface area (Å²) in [5.74, 6) is -0.409. The SMILES string of the molecule is CO/N=C1/c2ccccc2C(n2cncc2C(=O)OC)C1(C)C. The lowest BCUT2D eigenvalue weighted by atomic mass is 9.83. The van der Waals surface area contributed by atoms with Gasteiger partial charge in [-0.3, -0.25) is 0 Å². The molecule has 2 aromatic rings. The maximum atomic E-state index is 12.0. The number of hydrogen-bond acceptors (Lipinski definition) is 5. The van der Waals surface area contributed by atoms with Crippen LogP contribution >= 0.6 is 0 Å². The second-order valence-electron chi connectivity index (χ2n) is 6.01. The molecule has 1 atom stereocenters. The number of carbonyl (C=O) groups is 1. The van der Waals surface area contributed by atoms with Crippen LogP contribution < -0.4 is 0 Å². The lowest BCUT2D eigenvalue weighted by Gasteiger charge is -2.29. The number of oxime groups is 1. The van der Waals surface area contributed by atoms with Crippen LogP contribution in [0.4, 0.5) is 0 Å². The molecule has 6 heteroatoms. The van der Waals surface area contributed by atoms with E-state index in [1.165, 1.54) is 20.4 Å². The van der Waals surface area contributed by atoms with Crippen molar-refractivity contribution < 1.29 is 14.4 Å². The Labute approximate surface area is 134 Å². The minimum absolute atomic E-state index is 0.121. The van der Waals surface area contributed by atoms with Gasteiger partial charge in [0.1, 0.15) is 12.8 Å². The van der Waals surface area contributed by atoms with Crippen molar-refractivity contribution in [2.45, 2.75) is 19.9 Å². The van der Waals surface area contributed by atoms with Gasteiger partial charge in [0.25, 0.3) is 0 Å². The van der Waals surface area contributed by atoms with Gasteiger partial charge >= 0.3 is 5.97 Å². The highest BCUT2D eigenvalue weighted by Crippen LogP contribution is 2.48. The molecule has 0 spiro atoms. The fraction of sp³-hybridized carbons (Fsp3) is 0.353. The third-order valence-electron chi connectivity index (χ3n) is 4.33. The van der Waals surface area contributed by atoms with Gasteiger partial charge in [-0.2, -0.15) is 0 Å². The topological polar surface area (TPSA) is 65.7 Å². The van der Waals surface area contributed by atoms with E-state index < -0.39 is 5.97 Å². The fourth-order valence-corrected chi connectivity index (χ4v) is 3.35. The molecule has 3 rings (SSSR count). The van der Waals surface area contributed by atoms with E-state index >= 15 is 0 Å². The van der Waals surface area contributed by atoms with Gasteiger partial charge in [0.05, 0.1) is 31.4 Å². The normalized spacial score (nSPS) is 20.3. The van der Waals surface area contributed by atoms with Gasteiger partial charge in [-0.1, -0.05) is 43.3 Å². The Hall–Kier alpha value is -2.63. The molecule has 23 heavy (non-hydrogen) atoms. The van der Waals surface area contributed by atoms with Crippen LogP contribution in [0.1, 0.15) is 41.5 Å². The highest BCUT2D eigenvalue weighted by atomic mass is 16.6. The predicted octanol–water partition coefficient (Wildman–Crippen LogP) is 2.65. The summed E-state index contributed by atoms with van der Waals surface area (Å²) < 4.78 is 6.72. The first-order valence-electron chi connectivity index (χ1n) is 7.33. The average Bonchev–Trinajstić information content (AvgIpc) is 3.08. The summed E-state index contributed by atoms with van der Waals surface area (Å²) in [7, 11) is 2.90. The van der Waals surface area contributed by atoms with E-state index in [1.807, 2.05) is 28.8 Å². The number of esters is 1. The van der Waals surface area contributed by atoms with Crippen LogP contribution in [0.3, 0.4) is 0 Å². The van der Waals surface area contributed by atoms with Crippen molar-refractivity contribution in [1.29, 1.82) is 0 Å². The Morgan fingerprint density at radius 2 is 2.04 bits per heavy atom. The Kier molecular flexibility index (Phi) is 3.67. The Morgan fingerprint density at radius 3 is 2.74 bits per heavy atom. The molecule has 0 aliphatic heterocycles. The van der Waals surface area contributed by atoms with Crippen LogP contribution in [0, 0.1) is 5.41 Å². The third-order valence-corrected chi connectivity index (χ3v) is 4.33. The van der Waals surface area contributed by atoms with Crippen LogP contribution in [-0.4, -0.2) is 35.5 Å². The number of carbonyl (C=O) groups excluding carboxylic acids is 1. The quantitative estimate of drug-likeness (QED) is 0.645. The predicted molar refractivity (Wildman–Crippen MR) is 85.5 cm³/mol. The summed E-state index contributed by atoms with van der Waals surface area (Å²) in [6.45, 7) is 4.16. The molecule has 0 saturated heterocycles. The third kappa shape index (κ3) is 2.21. The minimum Gasteiger partial charge on any atom is -0.464 e. The summed E-state index contributed by atoms with van der Waals surface area (Å²) in [4.78, 5) is 21.2. The lowest BCUT2D eigenvalue weighted by Crippen LogP contribution is -2.31. The number of rotatable bonds is 3. The van der Waals surface area contributed by atoms with E-state index in [-0.39, 0.29) is 11.5 Å². The van der Waals surface area contributed by atoms with Crippen molar-refractivity contribution in [3.05, 3.63) is 53.6 Å². The van der Waals surface area contributed by atoms with Crippen molar-refractivity contribution in [1.82, 2.24) is 9.55 Å². The Bertz CT molecular complexity index is 777. The maximum Gasteiger partial charge on any atom is 0.356 e. The minimum atomic E-state index is -0.409. The second kappa shape index (κ2) is 5.53. The van der Waals surface area contributed by atoms with Gasteiger partial charge in [0.15, 0.2) is 0 Å². The highest BCUT2D eigenvalue weighted by molar-refractivity contribution is 6.09. The van der Waals surface area contributed by atoms with E-state index in [4.69, 9.17) is 9.57 Å². The molecule has 0 amide bonds. The van der Waals surface area contributed by atoms with Crippen molar-refractivity contribution in [2.75, 3.05) is 14.2 Å². The Morgan fingerprint density at radius 1 is 1.30 bits per heavy atom. The van der Waals surface area contributed by atoms with Gasteiger partial charge in [-0.25, -0.2) is 9.78 Å². The molecule has 0 radical (unpaired) electrons. The van der Waals surface area contributed by atoms with E-state index in [0.717, 1.165) is 16.8 Å². The Balaban J connectivity index is 2.22. The monoisotopic (exact) mass is 313 g/mol. The molecule has 0 fully saturated rings. The molecule has 0 N–H and O–H groups in total. The van der Waals surface area contributed by atoms with E-state index in [9.17, 15) is 4.79 Å². The first-order valence-corrected chi connectivity index (χ1v) is 7.33. The van der Waals surface area contributed by atoms with Gasteiger partial charge in [0, 0.05) is 11.0 Å². The smallest absolute Gasteiger partial charge is 0.356 e.